The van der Waals surface area contributed by atoms with Crippen LogP contribution in [-0.4, -0.2) is 14.2 Å². The van der Waals surface area contributed by atoms with Gasteiger partial charge in [0.2, 0.25) is 0 Å². The van der Waals surface area contributed by atoms with Gasteiger partial charge in [-0.05, 0) is 92.1 Å². The Morgan fingerprint density at radius 1 is 0.485 bits per heavy atom. The number of allylic oxidation sites excluding steroid dienone is 2. The standard InChI is InChI=1S/C30H21FO2/c1-32-21-13-9-19(10-14-21)27-23-5-3-4-6-24(23)29-28(18-7-11-20(31)12-8-18)26-17-22(33-2)15-16-25(26)30(27)29/h3-17H,1-2H3. The van der Waals surface area contributed by atoms with Gasteiger partial charge in [-0.2, -0.15) is 0 Å². The molecule has 0 N–H and O–H groups in total. The summed E-state index contributed by atoms with van der Waals surface area (Å²) in [6.07, 6.45) is 0. The van der Waals surface area contributed by atoms with Gasteiger partial charge in [0.05, 0.1) is 14.2 Å². The van der Waals surface area contributed by atoms with Crippen molar-refractivity contribution in [3.63, 3.8) is 0 Å². The average molecular weight is 432 g/mol. The monoisotopic (exact) mass is 432 g/mol. The van der Waals surface area contributed by atoms with E-state index in [-0.39, 0.29) is 5.82 Å². The van der Waals surface area contributed by atoms with Crippen LogP contribution < -0.4 is 9.47 Å². The van der Waals surface area contributed by atoms with E-state index in [0.29, 0.717) is 0 Å². The molecule has 0 radical (unpaired) electrons. The van der Waals surface area contributed by atoms with E-state index in [0.717, 1.165) is 39.3 Å². The first-order valence-corrected chi connectivity index (χ1v) is 10.9. The molecule has 160 valence electrons. The van der Waals surface area contributed by atoms with Gasteiger partial charge in [-0.3, -0.25) is 0 Å². The highest BCUT2D eigenvalue weighted by Crippen LogP contribution is 2.58. The van der Waals surface area contributed by atoms with Crippen LogP contribution in [0.25, 0.3) is 22.3 Å². The molecule has 0 heterocycles. The summed E-state index contributed by atoms with van der Waals surface area (Å²) < 4.78 is 24.7. The maximum absolute atomic E-state index is 13.8. The molecule has 0 fully saturated rings. The molecule has 0 saturated carbocycles. The minimum atomic E-state index is -0.241. The van der Waals surface area contributed by atoms with Crippen molar-refractivity contribution in [1.29, 1.82) is 0 Å². The third kappa shape index (κ3) is 2.93. The van der Waals surface area contributed by atoms with Gasteiger partial charge in [-0.1, -0.05) is 54.6 Å². The van der Waals surface area contributed by atoms with Gasteiger partial charge in [0.15, 0.2) is 0 Å². The molecule has 0 saturated heterocycles. The maximum Gasteiger partial charge on any atom is 0.123 e. The van der Waals surface area contributed by atoms with Crippen molar-refractivity contribution < 1.29 is 13.9 Å². The van der Waals surface area contributed by atoms with Crippen LogP contribution in [0.4, 0.5) is 4.39 Å². The Morgan fingerprint density at radius 3 is 1.58 bits per heavy atom. The van der Waals surface area contributed by atoms with Crippen molar-refractivity contribution in [3.8, 4) is 11.5 Å². The van der Waals surface area contributed by atoms with Crippen molar-refractivity contribution in [1.82, 2.24) is 0 Å². The molecule has 4 aromatic carbocycles. The van der Waals surface area contributed by atoms with Crippen molar-refractivity contribution in [3.05, 3.63) is 130 Å². The predicted molar refractivity (Wildman–Crippen MR) is 131 cm³/mol. The van der Waals surface area contributed by atoms with Gasteiger partial charge in [-0.15, -0.1) is 0 Å². The van der Waals surface area contributed by atoms with Crippen LogP contribution in [-0.2, 0) is 0 Å². The molecule has 0 aromatic heterocycles. The van der Waals surface area contributed by atoms with Gasteiger partial charge in [0.1, 0.15) is 17.3 Å². The minimum Gasteiger partial charge on any atom is -0.497 e. The average Bonchev–Trinajstić information content (AvgIpc) is 3.37. The molecule has 0 aliphatic heterocycles. The molecule has 2 nitrogen and oxygen atoms in total. The van der Waals surface area contributed by atoms with Gasteiger partial charge in [-0.25, -0.2) is 4.39 Å². The molecule has 6 rings (SSSR count). The number of fused-ring (bicyclic) bond motifs is 5. The predicted octanol–water partition coefficient (Wildman–Crippen LogP) is 7.09. The largest absolute Gasteiger partial charge is 0.497 e. The molecular weight excluding hydrogens is 411 g/mol. The van der Waals surface area contributed by atoms with Gasteiger partial charge < -0.3 is 9.47 Å². The fourth-order valence-electron chi connectivity index (χ4n) is 5.03. The second kappa shape index (κ2) is 7.49. The highest BCUT2D eigenvalue weighted by Gasteiger charge is 2.37. The number of ether oxygens (including phenoxy) is 2. The Kier molecular flexibility index (Phi) is 4.44. The normalized spacial score (nSPS) is 13.7. The second-order valence-electron chi connectivity index (χ2n) is 8.19. The smallest absolute Gasteiger partial charge is 0.123 e. The third-order valence-electron chi connectivity index (χ3n) is 6.49. The van der Waals surface area contributed by atoms with E-state index in [1.807, 2.05) is 30.3 Å². The Morgan fingerprint density at radius 2 is 0.970 bits per heavy atom. The van der Waals surface area contributed by atoms with Crippen LogP contribution in [0.1, 0.15) is 33.4 Å². The lowest BCUT2D eigenvalue weighted by Gasteiger charge is -2.13. The molecule has 0 spiro atoms. The number of benzene rings is 4. The molecule has 2 aliphatic carbocycles. The highest BCUT2D eigenvalue weighted by molar-refractivity contribution is 6.35. The Balaban J connectivity index is 1.72. The van der Waals surface area contributed by atoms with Crippen LogP contribution in [0.2, 0.25) is 0 Å². The Labute approximate surface area is 192 Å². The Hall–Kier alpha value is -4.11. The van der Waals surface area contributed by atoms with Gasteiger partial charge in [0.25, 0.3) is 0 Å². The highest BCUT2D eigenvalue weighted by atomic mass is 19.1. The summed E-state index contributed by atoms with van der Waals surface area (Å²) in [6, 6.07) is 29.7. The van der Waals surface area contributed by atoms with Crippen molar-refractivity contribution in [2.75, 3.05) is 14.2 Å². The Bertz CT molecular complexity index is 1460. The molecule has 33 heavy (non-hydrogen) atoms. The molecular formula is C30H21FO2. The van der Waals surface area contributed by atoms with E-state index in [2.05, 4.69) is 48.5 Å². The lowest BCUT2D eigenvalue weighted by Crippen LogP contribution is -1.94. The first kappa shape index (κ1) is 19.6. The lowest BCUT2D eigenvalue weighted by molar-refractivity contribution is 0.414. The summed E-state index contributed by atoms with van der Waals surface area (Å²) in [7, 11) is 3.36. The van der Waals surface area contributed by atoms with Crippen LogP contribution in [0.3, 0.4) is 0 Å². The summed E-state index contributed by atoms with van der Waals surface area (Å²) in [6.45, 7) is 0. The van der Waals surface area contributed by atoms with Crippen molar-refractivity contribution in [2.45, 2.75) is 0 Å². The number of methoxy groups -OCH3 is 2. The quantitative estimate of drug-likeness (QED) is 0.343. The second-order valence-corrected chi connectivity index (χ2v) is 8.19. The first-order chi connectivity index (χ1) is 16.2. The molecule has 3 heteroatoms. The zero-order valence-electron chi connectivity index (χ0n) is 18.4. The fraction of sp³-hybridized carbons (Fsp3) is 0.0667. The maximum atomic E-state index is 13.8. The van der Waals surface area contributed by atoms with E-state index in [1.165, 1.54) is 40.0 Å². The van der Waals surface area contributed by atoms with E-state index in [9.17, 15) is 4.39 Å². The topological polar surface area (TPSA) is 18.5 Å². The van der Waals surface area contributed by atoms with E-state index in [4.69, 9.17) is 9.47 Å². The van der Waals surface area contributed by atoms with E-state index in [1.54, 1.807) is 14.2 Å². The SMILES string of the molecule is COc1ccc(C2=C3C(=C(c4ccc(F)cc4)c4cc(OC)ccc43)c3ccccc32)cc1. The minimum absolute atomic E-state index is 0.241. The fourth-order valence-corrected chi connectivity index (χ4v) is 5.03. The lowest BCUT2D eigenvalue weighted by atomic mass is 9.92. The molecule has 0 amide bonds. The summed E-state index contributed by atoms with van der Waals surface area (Å²) in [5.41, 5.74) is 11.5. The summed E-state index contributed by atoms with van der Waals surface area (Å²) in [5.74, 6) is 1.39. The van der Waals surface area contributed by atoms with Crippen LogP contribution in [0.15, 0.2) is 91.0 Å². The summed E-state index contributed by atoms with van der Waals surface area (Å²) >= 11 is 0. The van der Waals surface area contributed by atoms with Gasteiger partial charge in [0, 0.05) is 0 Å². The van der Waals surface area contributed by atoms with Crippen LogP contribution >= 0.6 is 0 Å². The van der Waals surface area contributed by atoms with Crippen LogP contribution in [0.5, 0.6) is 11.5 Å². The van der Waals surface area contributed by atoms with E-state index < -0.39 is 0 Å². The van der Waals surface area contributed by atoms with Gasteiger partial charge >= 0.3 is 0 Å². The van der Waals surface area contributed by atoms with Crippen molar-refractivity contribution in [2.24, 2.45) is 0 Å². The summed E-state index contributed by atoms with van der Waals surface area (Å²) in [4.78, 5) is 0. The molecule has 0 atom stereocenters. The number of rotatable bonds is 4. The van der Waals surface area contributed by atoms with E-state index >= 15 is 0 Å². The van der Waals surface area contributed by atoms with Crippen LogP contribution in [0, 0.1) is 5.82 Å². The molecule has 2 aliphatic rings. The molecule has 4 aromatic rings. The molecule has 0 unspecified atom stereocenters. The van der Waals surface area contributed by atoms with Crippen molar-refractivity contribution >= 4 is 22.3 Å². The summed E-state index contributed by atoms with van der Waals surface area (Å²) in [5, 5.41) is 0. The number of hydrogen-bond donors (Lipinski definition) is 0. The first-order valence-electron chi connectivity index (χ1n) is 10.9. The zero-order valence-corrected chi connectivity index (χ0v) is 18.4. The molecule has 0 bridgehead atoms. The number of hydrogen-bond acceptors (Lipinski definition) is 2. The number of halogens is 1. The third-order valence-corrected chi connectivity index (χ3v) is 6.49. The zero-order chi connectivity index (χ0) is 22.5.